The van der Waals surface area contributed by atoms with Crippen molar-refractivity contribution in [3.8, 4) is 0 Å². The second-order valence-electron chi connectivity index (χ2n) is 5.31. The van der Waals surface area contributed by atoms with Crippen LogP contribution in [0.1, 0.15) is 74.7 Å². The van der Waals surface area contributed by atoms with E-state index >= 15 is 0 Å². The summed E-state index contributed by atoms with van der Waals surface area (Å²) >= 11 is 0. The van der Waals surface area contributed by atoms with Gasteiger partial charge in [0.2, 0.25) is 0 Å². The molecule has 0 radical (unpaired) electrons. The maximum Gasteiger partial charge on any atom is 0.0866 e. The molecule has 0 heterocycles. The van der Waals surface area contributed by atoms with Gasteiger partial charge < -0.3 is 10.1 Å². The number of methoxy groups -OCH3 is 1. The van der Waals surface area contributed by atoms with Gasteiger partial charge in [-0.15, -0.1) is 0 Å². The molecule has 1 N–H and O–H groups in total. The van der Waals surface area contributed by atoms with Crippen LogP contribution in [0.4, 0.5) is 4.39 Å². The van der Waals surface area contributed by atoms with Crippen molar-refractivity contribution in [1.29, 1.82) is 0 Å². The van der Waals surface area contributed by atoms with Crippen LogP contribution >= 0.6 is 0 Å². The average molecular weight is 348 g/mol. The molecular weight excluding hydrogens is 301 g/mol. The number of halogens is 1. The molecule has 0 saturated carbocycles. The van der Waals surface area contributed by atoms with Crippen molar-refractivity contribution in [2.75, 3.05) is 26.9 Å². The Labute approximate surface area is 153 Å². The molecule has 2 nitrogen and oxygen atoms in total. The van der Waals surface area contributed by atoms with Gasteiger partial charge in [0.25, 0.3) is 0 Å². The lowest BCUT2D eigenvalue weighted by Gasteiger charge is -2.18. The summed E-state index contributed by atoms with van der Waals surface area (Å²) in [4.78, 5) is 0. The Bertz CT molecular complexity index is 228. The van der Waals surface area contributed by atoms with Gasteiger partial charge in [-0.05, 0) is 39.0 Å². The molecule has 0 aliphatic carbocycles. The molecule has 148 valence electrons. The van der Waals surface area contributed by atoms with E-state index in [4.69, 9.17) is 4.74 Å². The number of nitrogens with one attached hydrogen (secondary N) is 1. The average Bonchev–Trinajstić information content (AvgIpc) is 2.57. The Balaban J connectivity index is -0.000000141. The van der Waals surface area contributed by atoms with Crippen molar-refractivity contribution in [2.45, 2.75) is 80.7 Å². The van der Waals surface area contributed by atoms with E-state index in [1.165, 1.54) is 19.8 Å². The molecule has 1 atom stereocenters. The molecule has 0 amide bonds. The second kappa shape index (κ2) is 33.8. The predicted molar refractivity (Wildman–Crippen MR) is 111 cm³/mol. The third-order valence-corrected chi connectivity index (χ3v) is 2.66. The first-order valence-electron chi connectivity index (χ1n) is 9.59. The van der Waals surface area contributed by atoms with Gasteiger partial charge in [0.05, 0.1) is 13.3 Å². The minimum Gasteiger partial charge on any atom is -0.383 e. The van der Waals surface area contributed by atoms with Gasteiger partial charge >= 0.3 is 0 Å². The molecule has 3 heteroatoms. The number of hydrogen-bond acceptors (Lipinski definition) is 2. The van der Waals surface area contributed by atoms with E-state index < -0.39 is 0 Å². The zero-order valence-corrected chi connectivity index (χ0v) is 18.0. The maximum absolute atomic E-state index is 10.3. The minimum absolute atomic E-state index is 0.250. The summed E-state index contributed by atoms with van der Waals surface area (Å²) in [6, 6.07) is 0.667. The van der Waals surface area contributed by atoms with Gasteiger partial charge in [-0.25, -0.2) is 0 Å². The summed E-state index contributed by atoms with van der Waals surface area (Å²) < 4.78 is 15.3. The van der Waals surface area contributed by atoms with Crippen LogP contribution in [0.5, 0.6) is 0 Å². The minimum atomic E-state index is -0.250. The van der Waals surface area contributed by atoms with Crippen LogP contribution in [-0.2, 0) is 4.74 Å². The van der Waals surface area contributed by atoms with E-state index in [2.05, 4.69) is 45.2 Å². The Hall–Kier alpha value is -0.670. The quantitative estimate of drug-likeness (QED) is 0.376. The molecule has 0 fully saturated rings. The van der Waals surface area contributed by atoms with Crippen LogP contribution in [0.3, 0.4) is 0 Å². The number of hydrogen-bond donors (Lipinski definition) is 1. The van der Waals surface area contributed by atoms with Crippen molar-refractivity contribution < 1.29 is 9.13 Å². The predicted octanol–water partition coefficient (Wildman–Crippen LogP) is 6.58. The van der Waals surface area contributed by atoms with Crippen LogP contribution in [0.2, 0.25) is 0 Å². The molecule has 0 bridgehead atoms. The van der Waals surface area contributed by atoms with E-state index in [9.17, 15) is 4.39 Å². The van der Waals surface area contributed by atoms with E-state index in [1.807, 2.05) is 32.9 Å². The monoisotopic (exact) mass is 347 g/mol. The standard InChI is InChI=1S/C10H23NO.C7H12.C2H5F.C2H6/c1-5-10(8-9(2)3)11-6-7-12-4;1-3-5-7-6-4-2;1-2-3;1-2/h9-11H,5-8H2,1-4H3;3,5-7H,4H2,1-2H3;2H2,1H3;1-2H3/b;5-3+,7-6-;;/t10-;;;/m1.../s1. The number of allylic oxidation sites excluding steroid dienone is 4. The van der Waals surface area contributed by atoms with E-state index in [0.29, 0.717) is 6.04 Å². The molecule has 0 aromatic carbocycles. The first kappa shape index (κ1) is 31.1. The molecule has 0 saturated heterocycles. The maximum atomic E-state index is 10.3. The largest absolute Gasteiger partial charge is 0.383 e. The highest BCUT2D eigenvalue weighted by molar-refractivity contribution is 5.00. The molecule has 0 spiro atoms. The van der Waals surface area contributed by atoms with Gasteiger partial charge in [0.15, 0.2) is 0 Å². The molecule has 0 aliphatic rings. The van der Waals surface area contributed by atoms with Crippen LogP contribution in [0.25, 0.3) is 0 Å². The molecule has 24 heavy (non-hydrogen) atoms. The third-order valence-electron chi connectivity index (χ3n) is 2.66. The van der Waals surface area contributed by atoms with Gasteiger partial charge in [-0.3, -0.25) is 4.39 Å². The molecule has 0 unspecified atom stereocenters. The zero-order valence-electron chi connectivity index (χ0n) is 18.0. The van der Waals surface area contributed by atoms with Crippen molar-refractivity contribution >= 4 is 0 Å². The molecule has 0 aromatic heterocycles. The van der Waals surface area contributed by atoms with E-state index in [0.717, 1.165) is 25.5 Å². The summed E-state index contributed by atoms with van der Waals surface area (Å²) in [5.41, 5.74) is 0. The lowest BCUT2D eigenvalue weighted by Crippen LogP contribution is -2.32. The zero-order chi connectivity index (χ0) is 19.6. The van der Waals surface area contributed by atoms with Crippen LogP contribution in [0.15, 0.2) is 24.3 Å². The molecule has 0 aromatic rings. The second-order valence-corrected chi connectivity index (χ2v) is 5.31. The van der Waals surface area contributed by atoms with Crippen LogP contribution < -0.4 is 5.32 Å². The summed E-state index contributed by atoms with van der Waals surface area (Å²) in [5.74, 6) is 0.782. The number of rotatable bonds is 9. The topological polar surface area (TPSA) is 21.3 Å². The normalized spacial score (nSPS) is 11.3. The Kier molecular flexibility index (Phi) is 43.9. The Morgan fingerprint density at radius 3 is 1.96 bits per heavy atom. The first-order chi connectivity index (χ1) is 11.5. The van der Waals surface area contributed by atoms with Crippen molar-refractivity contribution in [3.05, 3.63) is 24.3 Å². The first-order valence-corrected chi connectivity index (χ1v) is 9.59. The smallest absolute Gasteiger partial charge is 0.0866 e. The summed E-state index contributed by atoms with van der Waals surface area (Å²) in [6.07, 6.45) is 11.8. The highest BCUT2D eigenvalue weighted by Gasteiger charge is 2.06. The fourth-order valence-corrected chi connectivity index (χ4v) is 1.65. The van der Waals surface area contributed by atoms with Gasteiger partial charge in [-0.1, -0.05) is 65.8 Å². The molecular formula is C21H46FNO. The van der Waals surface area contributed by atoms with Gasteiger partial charge in [0.1, 0.15) is 0 Å². The lowest BCUT2D eigenvalue weighted by atomic mass is 10.0. The fourth-order valence-electron chi connectivity index (χ4n) is 1.65. The Morgan fingerprint density at radius 1 is 1.08 bits per heavy atom. The van der Waals surface area contributed by atoms with Gasteiger partial charge in [-0.2, -0.15) is 0 Å². The van der Waals surface area contributed by atoms with E-state index in [1.54, 1.807) is 7.11 Å². The number of alkyl halides is 1. The highest BCUT2D eigenvalue weighted by Crippen LogP contribution is 2.06. The van der Waals surface area contributed by atoms with E-state index in [-0.39, 0.29) is 6.67 Å². The number of ether oxygens (including phenoxy) is 1. The third kappa shape index (κ3) is 42.9. The lowest BCUT2D eigenvalue weighted by molar-refractivity contribution is 0.193. The van der Waals surface area contributed by atoms with Crippen molar-refractivity contribution in [3.63, 3.8) is 0 Å². The van der Waals surface area contributed by atoms with Gasteiger partial charge in [0, 0.05) is 19.7 Å². The molecule has 0 aliphatic heterocycles. The van der Waals surface area contributed by atoms with Crippen molar-refractivity contribution in [1.82, 2.24) is 5.32 Å². The molecule has 0 rings (SSSR count). The summed E-state index contributed by atoms with van der Waals surface area (Å²) in [6.45, 7) is 17.9. The highest BCUT2D eigenvalue weighted by atomic mass is 19.1. The fraction of sp³-hybridized carbons (Fsp3) is 0.810. The van der Waals surface area contributed by atoms with Crippen molar-refractivity contribution in [2.24, 2.45) is 5.92 Å². The van der Waals surface area contributed by atoms with Crippen LogP contribution in [0, 0.1) is 5.92 Å². The summed E-state index contributed by atoms with van der Waals surface area (Å²) in [5, 5.41) is 3.48. The SMILES string of the molecule is C/C=C/C=C\CC.CC.CCF.CC[C@H](CC(C)C)NCCOC. The summed E-state index contributed by atoms with van der Waals surface area (Å²) in [7, 11) is 1.74. The Morgan fingerprint density at radius 2 is 1.62 bits per heavy atom. The van der Waals surface area contributed by atoms with Crippen LogP contribution in [-0.4, -0.2) is 33.0 Å².